The van der Waals surface area contributed by atoms with Crippen molar-refractivity contribution in [1.82, 2.24) is 4.90 Å². The SMILES string of the molecule is CCOc1cc(NC(=O)C2CCN(C(=O)OC(C)(C)C)CC2)ccc1S(=O)(=O)Nc1cccc(OC(F)(F)F)c1. The van der Waals surface area contributed by atoms with Gasteiger partial charge in [0.25, 0.3) is 10.0 Å². The van der Waals surface area contributed by atoms with Crippen LogP contribution in [0.25, 0.3) is 0 Å². The zero-order valence-electron chi connectivity index (χ0n) is 22.5. The lowest BCUT2D eigenvalue weighted by Crippen LogP contribution is -2.43. The van der Waals surface area contributed by atoms with Crippen LogP contribution in [-0.2, 0) is 19.6 Å². The highest BCUT2D eigenvalue weighted by Gasteiger charge is 2.32. The molecule has 2 aromatic rings. The normalized spacial score (nSPS) is 14.8. The van der Waals surface area contributed by atoms with Crippen LogP contribution in [0.3, 0.4) is 0 Å². The first kappa shape index (κ1) is 30.9. The highest BCUT2D eigenvalue weighted by Crippen LogP contribution is 2.32. The van der Waals surface area contributed by atoms with Crippen molar-refractivity contribution in [2.45, 2.75) is 57.4 Å². The van der Waals surface area contributed by atoms with Gasteiger partial charge in [0, 0.05) is 36.8 Å². The number of nitrogens with one attached hydrogen (secondary N) is 2. The molecule has 0 bridgehead atoms. The lowest BCUT2D eigenvalue weighted by Gasteiger charge is -2.32. The number of amides is 2. The van der Waals surface area contributed by atoms with Gasteiger partial charge in [-0.25, -0.2) is 13.2 Å². The first-order valence-corrected chi connectivity index (χ1v) is 14.0. The zero-order valence-corrected chi connectivity index (χ0v) is 23.3. The highest BCUT2D eigenvalue weighted by atomic mass is 32.2. The first-order valence-electron chi connectivity index (χ1n) is 12.5. The van der Waals surface area contributed by atoms with E-state index in [2.05, 4.69) is 14.8 Å². The molecule has 0 radical (unpaired) electrons. The van der Waals surface area contributed by atoms with Crippen LogP contribution >= 0.6 is 0 Å². The number of likely N-dealkylation sites (tertiary alicyclic amines) is 1. The van der Waals surface area contributed by atoms with Crippen molar-refractivity contribution in [2.75, 3.05) is 29.7 Å². The number of carbonyl (C=O) groups is 2. The van der Waals surface area contributed by atoms with Crippen LogP contribution in [0.4, 0.5) is 29.3 Å². The van der Waals surface area contributed by atoms with Gasteiger partial charge in [-0.3, -0.25) is 9.52 Å². The Morgan fingerprint density at radius 2 is 1.70 bits per heavy atom. The van der Waals surface area contributed by atoms with Gasteiger partial charge in [0.2, 0.25) is 5.91 Å². The second-order valence-corrected chi connectivity index (χ2v) is 11.7. The Morgan fingerprint density at radius 3 is 2.30 bits per heavy atom. The van der Waals surface area contributed by atoms with Crippen LogP contribution < -0.4 is 19.5 Å². The van der Waals surface area contributed by atoms with Gasteiger partial charge in [0.05, 0.1) is 12.3 Å². The van der Waals surface area contributed by atoms with Crippen LogP contribution in [0, 0.1) is 5.92 Å². The van der Waals surface area contributed by atoms with Crippen molar-refractivity contribution in [1.29, 1.82) is 0 Å². The molecule has 220 valence electrons. The van der Waals surface area contributed by atoms with Crippen molar-refractivity contribution in [3.05, 3.63) is 42.5 Å². The van der Waals surface area contributed by atoms with Crippen molar-refractivity contribution < 1.29 is 45.4 Å². The minimum Gasteiger partial charge on any atom is -0.492 e. The number of ether oxygens (including phenoxy) is 3. The highest BCUT2D eigenvalue weighted by molar-refractivity contribution is 7.92. The summed E-state index contributed by atoms with van der Waals surface area (Å²) in [6.07, 6.45) is -4.51. The van der Waals surface area contributed by atoms with E-state index in [9.17, 15) is 31.2 Å². The molecule has 14 heteroatoms. The fourth-order valence-electron chi connectivity index (χ4n) is 3.94. The molecule has 1 fully saturated rings. The number of carbonyl (C=O) groups excluding carboxylic acids is 2. The second kappa shape index (κ2) is 12.2. The van der Waals surface area contributed by atoms with E-state index >= 15 is 0 Å². The molecule has 0 aromatic heterocycles. The summed E-state index contributed by atoms with van der Waals surface area (Å²) in [5.74, 6) is -1.31. The van der Waals surface area contributed by atoms with Crippen LogP contribution in [0.1, 0.15) is 40.5 Å². The number of anilines is 2. The summed E-state index contributed by atoms with van der Waals surface area (Å²) in [6, 6.07) is 8.37. The summed E-state index contributed by atoms with van der Waals surface area (Å²) >= 11 is 0. The van der Waals surface area contributed by atoms with E-state index in [4.69, 9.17) is 9.47 Å². The molecule has 40 heavy (non-hydrogen) atoms. The monoisotopic (exact) mass is 587 g/mol. The molecular weight excluding hydrogens is 555 g/mol. The van der Waals surface area contributed by atoms with Crippen molar-refractivity contribution in [2.24, 2.45) is 5.92 Å². The Morgan fingerprint density at radius 1 is 1.02 bits per heavy atom. The largest absolute Gasteiger partial charge is 0.573 e. The maximum atomic E-state index is 13.1. The van der Waals surface area contributed by atoms with Gasteiger partial charge in [0.15, 0.2) is 0 Å². The molecule has 10 nitrogen and oxygen atoms in total. The molecule has 1 aliphatic rings. The Hall–Kier alpha value is -3.68. The van der Waals surface area contributed by atoms with Crippen LogP contribution in [0.2, 0.25) is 0 Å². The number of alkyl halides is 3. The molecule has 2 amide bonds. The molecule has 0 atom stereocenters. The quantitative estimate of drug-likeness (QED) is 0.426. The maximum absolute atomic E-state index is 13.1. The van der Waals surface area contributed by atoms with Crippen LogP contribution in [0.15, 0.2) is 47.4 Å². The number of sulfonamides is 1. The molecule has 1 heterocycles. The summed E-state index contributed by atoms with van der Waals surface area (Å²) in [5, 5.41) is 2.76. The lowest BCUT2D eigenvalue weighted by molar-refractivity contribution is -0.274. The minimum atomic E-state index is -4.94. The van der Waals surface area contributed by atoms with E-state index in [1.807, 2.05) is 0 Å². The van der Waals surface area contributed by atoms with Gasteiger partial charge < -0.3 is 24.4 Å². The molecule has 1 aliphatic heterocycles. The van der Waals surface area contributed by atoms with E-state index in [0.29, 0.717) is 31.6 Å². The first-order chi connectivity index (χ1) is 18.6. The number of benzene rings is 2. The number of nitrogens with zero attached hydrogens (tertiary/aromatic N) is 1. The molecular formula is C26H32F3N3O7S. The third kappa shape index (κ3) is 8.93. The smallest absolute Gasteiger partial charge is 0.492 e. The maximum Gasteiger partial charge on any atom is 0.573 e. The molecule has 0 spiro atoms. The van der Waals surface area contributed by atoms with Gasteiger partial charge in [-0.05, 0) is 64.8 Å². The van der Waals surface area contributed by atoms with E-state index in [1.54, 1.807) is 32.6 Å². The third-order valence-electron chi connectivity index (χ3n) is 5.64. The molecule has 0 aliphatic carbocycles. The lowest BCUT2D eigenvalue weighted by atomic mass is 9.96. The topological polar surface area (TPSA) is 123 Å². The van der Waals surface area contributed by atoms with Crippen molar-refractivity contribution in [3.63, 3.8) is 0 Å². The van der Waals surface area contributed by atoms with E-state index in [1.165, 1.54) is 30.3 Å². The van der Waals surface area contributed by atoms with E-state index in [-0.39, 0.29) is 34.8 Å². The fourth-order valence-corrected chi connectivity index (χ4v) is 5.12. The molecule has 0 saturated carbocycles. The average molecular weight is 588 g/mol. The summed E-state index contributed by atoms with van der Waals surface area (Å²) < 4.78 is 80.7. The van der Waals surface area contributed by atoms with Gasteiger partial charge in [-0.2, -0.15) is 0 Å². The van der Waals surface area contributed by atoms with E-state index in [0.717, 1.165) is 12.1 Å². The van der Waals surface area contributed by atoms with Gasteiger partial charge >= 0.3 is 12.5 Å². The Balaban J connectivity index is 1.69. The number of hydrogen-bond donors (Lipinski definition) is 2. The number of piperidine rings is 1. The number of halogens is 3. The Kier molecular flexibility index (Phi) is 9.44. The molecule has 2 N–H and O–H groups in total. The molecule has 3 rings (SSSR count). The summed E-state index contributed by atoms with van der Waals surface area (Å²) in [7, 11) is -4.29. The van der Waals surface area contributed by atoms with Crippen LogP contribution in [0.5, 0.6) is 11.5 Å². The van der Waals surface area contributed by atoms with Crippen molar-refractivity contribution >= 4 is 33.4 Å². The van der Waals surface area contributed by atoms with Crippen LogP contribution in [-0.4, -0.2) is 57.0 Å². The number of rotatable bonds is 8. The summed E-state index contributed by atoms with van der Waals surface area (Å²) in [4.78, 5) is 26.4. The van der Waals surface area contributed by atoms with Gasteiger partial charge in [-0.15, -0.1) is 13.2 Å². The average Bonchev–Trinajstić information content (AvgIpc) is 2.82. The molecule has 2 aromatic carbocycles. The predicted octanol–water partition coefficient (Wildman–Crippen LogP) is 5.37. The zero-order chi connectivity index (χ0) is 29.7. The van der Waals surface area contributed by atoms with E-state index < -0.39 is 33.8 Å². The second-order valence-electron chi connectivity index (χ2n) is 10.0. The van der Waals surface area contributed by atoms with Crippen molar-refractivity contribution in [3.8, 4) is 11.5 Å². The Labute approximate surface area is 230 Å². The fraction of sp³-hybridized carbons (Fsp3) is 0.462. The predicted molar refractivity (Wildman–Crippen MR) is 141 cm³/mol. The third-order valence-corrected chi connectivity index (χ3v) is 7.06. The standard InChI is InChI=1S/C26H32F3N3O7S/c1-5-37-21-16-18(30-23(33)17-11-13-32(14-12-17)24(34)39-25(2,3)4)9-10-22(21)40(35,36)31-19-7-6-8-20(15-19)38-26(27,28)29/h6-10,15-17,31H,5,11-14H2,1-4H3,(H,30,33). The number of hydrogen-bond acceptors (Lipinski definition) is 7. The molecule has 1 saturated heterocycles. The van der Waals surface area contributed by atoms with Gasteiger partial charge in [-0.1, -0.05) is 6.07 Å². The summed E-state index contributed by atoms with van der Waals surface area (Å²) in [5.41, 5.74) is -0.480. The van der Waals surface area contributed by atoms with Gasteiger partial charge in [0.1, 0.15) is 22.0 Å². The molecule has 0 unspecified atom stereocenters. The minimum absolute atomic E-state index is 0.0600. The summed E-state index contributed by atoms with van der Waals surface area (Å²) in [6.45, 7) is 7.80. The Bertz CT molecular complexity index is 1320.